The number of aliphatic hydroxyl groups is 1. The molecule has 0 saturated heterocycles. The molecule has 1 aliphatic carbocycles. The van der Waals surface area contributed by atoms with Gasteiger partial charge in [0.25, 0.3) is 0 Å². The van der Waals surface area contributed by atoms with E-state index in [1.54, 1.807) is 19.1 Å². The van der Waals surface area contributed by atoms with E-state index in [9.17, 15) is 9.50 Å². The summed E-state index contributed by atoms with van der Waals surface area (Å²) in [6, 6.07) is 5.25. The normalized spacial score (nSPS) is 29.2. The molecule has 0 aliphatic heterocycles. The van der Waals surface area contributed by atoms with Crippen molar-refractivity contribution in [3.63, 3.8) is 0 Å². The molecular weight excluding hydrogens is 191 g/mol. The number of hydrogen-bond donors (Lipinski definition) is 1. The fourth-order valence-corrected chi connectivity index (χ4v) is 2.32. The van der Waals surface area contributed by atoms with Crippen LogP contribution in [0.25, 0.3) is 0 Å². The molecule has 2 rings (SSSR count). The van der Waals surface area contributed by atoms with Crippen molar-refractivity contribution in [2.45, 2.75) is 38.7 Å². The largest absolute Gasteiger partial charge is 0.385 e. The molecule has 1 nitrogen and oxygen atoms in total. The summed E-state index contributed by atoms with van der Waals surface area (Å²) in [6.07, 6.45) is 2.73. The predicted octanol–water partition coefficient (Wildman–Crippen LogP) is 3.14. The lowest BCUT2D eigenvalue weighted by Gasteiger charge is -2.13. The van der Waals surface area contributed by atoms with Gasteiger partial charge in [-0.3, -0.25) is 0 Å². The van der Waals surface area contributed by atoms with Gasteiger partial charge in [-0.1, -0.05) is 31.5 Å². The van der Waals surface area contributed by atoms with Gasteiger partial charge in [0.05, 0.1) is 5.60 Å². The Morgan fingerprint density at radius 2 is 2.27 bits per heavy atom. The van der Waals surface area contributed by atoms with Crippen LogP contribution in [0.4, 0.5) is 4.39 Å². The van der Waals surface area contributed by atoms with Crippen molar-refractivity contribution in [1.29, 1.82) is 0 Å². The molecule has 2 heteroatoms. The number of halogens is 1. The van der Waals surface area contributed by atoms with E-state index in [4.69, 9.17) is 0 Å². The van der Waals surface area contributed by atoms with E-state index < -0.39 is 5.60 Å². The first-order chi connectivity index (χ1) is 7.09. The maximum Gasteiger partial charge on any atom is 0.132 e. The van der Waals surface area contributed by atoms with E-state index in [0.717, 1.165) is 12.8 Å². The molecule has 0 heterocycles. The minimum absolute atomic E-state index is 0.237. The van der Waals surface area contributed by atoms with Gasteiger partial charge in [-0.15, -0.1) is 0 Å². The van der Waals surface area contributed by atoms with Crippen LogP contribution in [-0.4, -0.2) is 5.11 Å². The van der Waals surface area contributed by atoms with Crippen molar-refractivity contribution in [2.24, 2.45) is 5.92 Å². The summed E-state index contributed by atoms with van der Waals surface area (Å²) in [5, 5.41) is 10.3. The van der Waals surface area contributed by atoms with Crippen LogP contribution in [0.5, 0.6) is 0 Å². The Morgan fingerprint density at radius 1 is 1.53 bits per heavy atom. The van der Waals surface area contributed by atoms with E-state index >= 15 is 0 Å². The second-order valence-electron chi connectivity index (χ2n) is 4.55. The molecule has 1 saturated carbocycles. The second-order valence-corrected chi connectivity index (χ2v) is 4.55. The van der Waals surface area contributed by atoms with Crippen molar-refractivity contribution in [2.75, 3.05) is 0 Å². The minimum Gasteiger partial charge on any atom is -0.385 e. The van der Waals surface area contributed by atoms with E-state index in [-0.39, 0.29) is 11.7 Å². The second kappa shape index (κ2) is 3.60. The summed E-state index contributed by atoms with van der Waals surface area (Å²) in [4.78, 5) is 0. The van der Waals surface area contributed by atoms with Crippen molar-refractivity contribution in [3.05, 3.63) is 35.1 Å². The van der Waals surface area contributed by atoms with Crippen molar-refractivity contribution in [1.82, 2.24) is 0 Å². The smallest absolute Gasteiger partial charge is 0.132 e. The van der Waals surface area contributed by atoms with E-state index in [1.807, 2.05) is 6.07 Å². The number of aryl methyl sites for hydroxylation is 1. The fourth-order valence-electron chi connectivity index (χ4n) is 2.32. The molecule has 1 aromatic carbocycles. The van der Waals surface area contributed by atoms with Crippen molar-refractivity contribution >= 4 is 0 Å². The average Bonchev–Trinajstić information content (AvgIpc) is 2.83. The van der Waals surface area contributed by atoms with Crippen LogP contribution in [0.3, 0.4) is 0 Å². The Bertz CT molecular complexity index is 375. The highest BCUT2D eigenvalue weighted by Crippen LogP contribution is 2.54. The Labute approximate surface area is 89.9 Å². The highest BCUT2D eigenvalue weighted by Gasteiger charge is 2.54. The zero-order chi connectivity index (χ0) is 11.1. The molecule has 0 bridgehead atoms. The van der Waals surface area contributed by atoms with Crippen LogP contribution in [0.15, 0.2) is 18.2 Å². The maximum atomic E-state index is 13.8. The molecule has 1 fully saturated rings. The van der Waals surface area contributed by atoms with Gasteiger partial charge in [-0.2, -0.15) is 0 Å². The lowest BCUT2D eigenvalue weighted by atomic mass is 10.0. The summed E-state index contributed by atoms with van der Waals surface area (Å²) >= 11 is 0. The summed E-state index contributed by atoms with van der Waals surface area (Å²) in [7, 11) is 0. The summed E-state index contributed by atoms with van der Waals surface area (Å²) in [6.45, 7) is 3.82. The molecule has 2 unspecified atom stereocenters. The third kappa shape index (κ3) is 1.67. The molecule has 1 N–H and O–H groups in total. The Balaban J connectivity index is 2.28. The lowest BCUT2D eigenvalue weighted by molar-refractivity contribution is 0.124. The van der Waals surface area contributed by atoms with Gasteiger partial charge in [0.15, 0.2) is 0 Å². The third-order valence-electron chi connectivity index (χ3n) is 3.37. The standard InChI is InChI=1S/C13H17FO/c1-3-5-10-8-13(10,15)11-7-4-6-9(2)12(11)14/h4,6-7,10,15H,3,5,8H2,1-2H3. The molecule has 1 aromatic rings. The zero-order valence-corrected chi connectivity index (χ0v) is 9.26. The molecule has 82 valence electrons. The summed E-state index contributed by atoms with van der Waals surface area (Å²) < 4.78 is 13.8. The monoisotopic (exact) mass is 208 g/mol. The topological polar surface area (TPSA) is 20.2 Å². The Hall–Kier alpha value is -0.890. The molecule has 0 radical (unpaired) electrons. The first-order valence-electron chi connectivity index (χ1n) is 5.57. The first kappa shape index (κ1) is 10.6. The van der Waals surface area contributed by atoms with Crippen LogP contribution in [0, 0.1) is 18.7 Å². The first-order valence-corrected chi connectivity index (χ1v) is 5.57. The molecule has 0 aromatic heterocycles. The van der Waals surface area contributed by atoms with Crippen molar-refractivity contribution < 1.29 is 9.50 Å². The highest BCUT2D eigenvalue weighted by molar-refractivity contribution is 5.34. The van der Waals surface area contributed by atoms with Crippen LogP contribution in [0.2, 0.25) is 0 Å². The zero-order valence-electron chi connectivity index (χ0n) is 9.26. The van der Waals surface area contributed by atoms with Gasteiger partial charge in [0, 0.05) is 5.56 Å². The van der Waals surface area contributed by atoms with Crippen LogP contribution >= 0.6 is 0 Å². The van der Waals surface area contributed by atoms with E-state index in [0.29, 0.717) is 17.5 Å². The summed E-state index contributed by atoms with van der Waals surface area (Å²) in [5.41, 5.74) is 0.218. The average molecular weight is 208 g/mol. The van der Waals surface area contributed by atoms with E-state index in [1.165, 1.54) is 0 Å². The number of hydrogen-bond acceptors (Lipinski definition) is 1. The summed E-state index contributed by atoms with van der Waals surface area (Å²) in [5.74, 6) is 0.0115. The molecule has 15 heavy (non-hydrogen) atoms. The quantitative estimate of drug-likeness (QED) is 0.809. The van der Waals surface area contributed by atoms with Gasteiger partial charge in [-0.25, -0.2) is 4.39 Å². The minimum atomic E-state index is -0.883. The van der Waals surface area contributed by atoms with Crippen molar-refractivity contribution in [3.8, 4) is 0 Å². The number of benzene rings is 1. The van der Waals surface area contributed by atoms with Gasteiger partial charge < -0.3 is 5.11 Å². The van der Waals surface area contributed by atoms with Gasteiger partial charge in [-0.05, 0) is 31.2 Å². The van der Waals surface area contributed by atoms with Crippen LogP contribution in [0.1, 0.15) is 37.3 Å². The third-order valence-corrected chi connectivity index (χ3v) is 3.37. The number of rotatable bonds is 3. The van der Waals surface area contributed by atoms with Gasteiger partial charge in [0.1, 0.15) is 5.82 Å². The van der Waals surface area contributed by atoms with Gasteiger partial charge >= 0.3 is 0 Å². The molecule has 0 spiro atoms. The Kier molecular flexibility index (Phi) is 2.55. The van der Waals surface area contributed by atoms with Crippen LogP contribution in [-0.2, 0) is 5.60 Å². The van der Waals surface area contributed by atoms with E-state index in [2.05, 4.69) is 6.92 Å². The molecular formula is C13H17FO. The lowest BCUT2D eigenvalue weighted by Crippen LogP contribution is -2.12. The fraction of sp³-hybridized carbons (Fsp3) is 0.538. The van der Waals surface area contributed by atoms with Gasteiger partial charge in [0.2, 0.25) is 0 Å². The predicted molar refractivity (Wildman–Crippen MR) is 58.0 cm³/mol. The molecule has 2 atom stereocenters. The molecule has 1 aliphatic rings. The molecule has 0 amide bonds. The van der Waals surface area contributed by atoms with Crippen LogP contribution < -0.4 is 0 Å². The Morgan fingerprint density at radius 3 is 2.93 bits per heavy atom. The maximum absolute atomic E-state index is 13.8. The SMILES string of the molecule is CCCC1CC1(O)c1cccc(C)c1F. The highest BCUT2D eigenvalue weighted by atomic mass is 19.1.